The standard InChI is InChI=1S/C7H13FN2O3/c8-4-1-5(7(9)13)10(2-4)6(12)3-11/h4-6,11-12H,1-3H2,(H2,9,13)/t4-,5-,6?/m0/s1. The van der Waals surface area contributed by atoms with Crippen LogP contribution in [-0.2, 0) is 4.79 Å². The Balaban J connectivity index is 2.65. The largest absolute Gasteiger partial charge is 0.392 e. The zero-order chi connectivity index (χ0) is 10.0. The van der Waals surface area contributed by atoms with Crippen LogP contribution in [0.15, 0.2) is 0 Å². The lowest BCUT2D eigenvalue weighted by molar-refractivity contribution is -0.127. The second-order valence-corrected chi connectivity index (χ2v) is 3.11. The summed E-state index contributed by atoms with van der Waals surface area (Å²) in [6.45, 7) is -0.591. The highest BCUT2D eigenvalue weighted by Gasteiger charge is 2.38. The van der Waals surface area contributed by atoms with Crippen molar-refractivity contribution in [2.45, 2.75) is 24.9 Å². The fraction of sp³-hybridized carbons (Fsp3) is 0.857. The van der Waals surface area contributed by atoms with E-state index in [1.54, 1.807) is 0 Å². The summed E-state index contributed by atoms with van der Waals surface area (Å²) in [5.74, 6) is -0.673. The average Bonchev–Trinajstić information content (AvgIpc) is 2.46. The first-order valence-electron chi connectivity index (χ1n) is 4.04. The Morgan fingerprint density at radius 3 is 2.85 bits per heavy atom. The van der Waals surface area contributed by atoms with Crippen molar-refractivity contribution in [3.8, 4) is 0 Å². The molecule has 1 fully saturated rings. The number of rotatable bonds is 3. The van der Waals surface area contributed by atoms with E-state index in [1.165, 1.54) is 4.90 Å². The average molecular weight is 192 g/mol. The van der Waals surface area contributed by atoms with Gasteiger partial charge in [0.1, 0.15) is 12.4 Å². The van der Waals surface area contributed by atoms with Crippen molar-refractivity contribution in [2.75, 3.05) is 13.2 Å². The number of aliphatic hydroxyl groups is 2. The fourth-order valence-electron chi connectivity index (χ4n) is 1.52. The van der Waals surface area contributed by atoms with E-state index < -0.39 is 31.0 Å². The van der Waals surface area contributed by atoms with Gasteiger partial charge < -0.3 is 15.9 Å². The van der Waals surface area contributed by atoms with Crippen LogP contribution in [0.4, 0.5) is 4.39 Å². The first kappa shape index (κ1) is 10.4. The normalized spacial score (nSPS) is 31.9. The van der Waals surface area contributed by atoms with Crippen molar-refractivity contribution in [3.05, 3.63) is 0 Å². The number of carbonyl (C=O) groups excluding carboxylic acids is 1. The number of halogens is 1. The molecular weight excluding hydrogens is 179 g/mol. The van der Waals surface area contributed by atoms with Gasteiger partial charge in [-0.1, -0.05) is 0 Å². The van der Waals surface area contributed by atoms with E-state index in [4.69, 9.17) is 10.8 Å². The van der Waals surface area contributed by atoms with Crippen LogP contribution in [0.1, 0.15) is 6.42 Å². The second-order valence-electron chi connectivity index (χ2n) is 3.11. The van der Waals surface area contributed by atoms with Gasteiger partial charge in [-0.25, -0.2) is 4.39 Å². The molecule has 13 heavy (non-hydrogen) atoms. The van der Waals surface area contributed by atoms with Gasteiger partial charge in [-0.05, 0) is 0 Å². The number of amides is 1. The van der Waals surface area contributed by atoms with Crippen molar-refractivity contribution in [3.63, 3.8) is 0 Å². The van der Waals surface area contributed by atoms with E-state index in [9.17, 15) is 14.3 Å². The van der Waals surface area contributed by atoms with Gasteiger partial charge in [-0.3, -0.25) is 9.69 Å². The Hall–Kier alpha value is -0.720. The zero-order valence-electron chi connectivity index (χ0n) is 7.06. The maximum atomic E-state index is 12.8. The minimum absolute atomic E-state index is 0.00755. The van der Waals surface area contributed by atoms with Crippen LogP contribution in [0.5, 0.6) is 0 Å². The molecule has 0 spiro atoms. The van der Waals surface area contributed by atoms with Gasteiger partial charge in [0.2, 0.25) is 5.91 Å². The third-order valence-electron chi connectivity index (χ3n) is 2.16. The van der Waals surface area contributed by atoms with Crippen molar-refractivity contribution in [1.82, 2.24) is 4.90 Å². The van der Waals surface area contributed by atoms with Gasteiger partial charge in [-0.2, -0.15) is 0 Å². The quantitative estimate of drug-likeness (QED) is 0.492. The van der Waals surface area contributed by atoms with Crippen LogP contribution in [0.3, 0.4) is 0 Å². The molecule has 1 aliphatic heterocycles. The predicted molar refractivity (Wildman–Crippen MR) is 42.3 cm³/mol. The summed E-state index contributed by atoms with van der Waals surface area (Å²) in [7, 11) is 0. The van der Waals surface area contributed by atoms with Crippen molar-refractivity contribution < 1.29 is 19.4 Å². The molecule has 1 amide bonds. The molecule has 6 heteroatoms. The number of alkyl halides is 1. The first-order chi connectivity index (χ1) is 6.06. The Kier molecular flexibility index (Phi) is 3.18. The maximum absolute atomic E-state index is 12.8. The Morgan fingerprint density at radius 2 is 2.38 bits per heavy atom. The highest BCUT2D eigenvalue weighted by Crippen LogP contribution is 2.21. The summed E-state index contributed by atoms with van der Waals surface area (Å²) in [6.07, 6.45) is -2.39. The molecule has 0 aliphatic carbocycles. The summed E-state index contributed by atoms with van der Waals surface area (Å²) >= 11 is 0. The van der Waals surface area contributed by atoms with E-state index in [0.29, 0.717) is 0 Å². The van der Waals surface area contributed by atoms with Crippen molar-refractivity contribution in [2.24, 2.45) is 5.73 Å². The molecule has 0 saturated carbocycles. The predicted octanol–water partition coefficient (Wildman–Crippen LogP) is -1.81. The number of primary amides is 1. The van der Waals surface area contributed by atoms with Gasteiger partial charge in [-0.15, -0.1) is 0 Å². The van der Waals surface area contributed by atoms with Crippen molar-refractivity contribution >= 4 is 5.91 Å². The molecule has 0 radical (unpaired) electrons. The van der Waals surface area contributed by atoms with E-state index in [1.807, 2.05) is 0 Å². The van der Waals surface area contributed by atoms with Crippen LogP contribution >= 0.6 is 0 Å². The number of nitrogens with two attached hydrogens (primary N) is 1. The molecular formula is C7H13FN2O3. The lowest BCUT2D eigenvalue weighted by Gasteiger charge is -2.25. The number of hydrogen-bond acceptors (Lipinski definition) is 4. The minimum atomic E-state index is -1.21. The summed E-state index contributed by atoms with van der Waals surface area (Å²) in [4.78, 5) is 12.0. The number of nitrogens with zero attached hydrogens (tertiary/aromatic N) is 1. The highest BCUT2D eigenvalue weighted by molar-refractivity contribution is 5.80. The van der Waals surface area contributed by atoms with Crippen LogP contribution in [0.25, 0.3) is 0 Å². The number of aliphatic hydroxyl groups excluding tert-OH is 2. The number of hydrogen-bond donors (Lipinski definition) is 3. The maximum Gasteiger partial charge on any atom is 0.234 e. The molecule has 0 aromatic carbocycles. The van der Waals surface area contributed by atoms with Crippen molar-refractivity contribution in [1.29, 1.82) is 0 Å². The van der Waals surface area contributed by atoms with Crippen LogP contribution in [0, 0.1) is 0 Å². The van der Waals surface area contributed by atoms with Crippen LogP contribution < -0.4 is 5.73 Å². The SMILES string of the molecule is NC(=O)[C@@H]1C[C@H](F)CN1C(O)CO. The van der Waals surface area contributed by atoms with Crippen LogP contribution in [0.2, 0.25) is 0 Å². The molecule has 1 rings (SSSR count). The molecule has 76 valence electrons. The topological polar surface area (TPSA) is 86.8 Å². The smallest absolute Gasteiger partial charge is 0.234 e. The molecule has 3 atom stereocenters. The van der Waals surface area contributed by atoms with E-state index >= 15 is 0 Å². The van der Waals surface area contributed by atoms with Gasteiger partial charge in [0.05, 0.1) is 12.6 Å². The van der Waals surface area contributed by atoms with E-state index in [2.05, 4.69) is 0 Å². The monoisotopic (exact) mass is 192 g/mol. The molecule has 0 aromatic rings. The molecule has 1 saturated heterocycles. The van der Waals surface area contributed by atoms with Crippen LogP contribution in [-0.4, -0.2) is 52.6 Å². The molecule has 5 nitrogen and oxygen atoms in total. The lowest BCUT2D eigenvalue weighted by atomic mass is 10.2. The molecule has 1 unspecified atom stereocenters. The molecule has 1 heterocycles. The Morgan fingerprint density at radius 1 is 1.77 bits per heavy atom. The number of likely N-dealkylation sites (tertiary alicyclic amines) is 1. The third kappa shape index (κ3) is 2.15. The molecule has 0 aromatic heterocycles. The second kappa shape index (κ2) is 3.99. The van der Waals surface area contributed by atoms with Gasteiger partial charge in [0, 0.05) is 13.0 Å². The van der Waals surface area contributed by atoms with E-state index in [0.717, 1.165) is 0 Å². The molecule has 0 bridgehead atoms. The lowest BCUT2D eigenvalue weighted by Crippen LogP contribution is -2.47. The van der Waals surface area contributed by atoms with Gasteiger partial charge >= 0.3 is 0 Å². The highest BCUT2D eigenvalue weighted by atomic mass is 19.1. The Labute approximate surface area is 74.9 Å². The Bertz CT molecular complexity index is 202. The summed E-state index contributed by atoms with van der Waals surface area (Å²) in [5, 5.41) is 17.8. The summed E-state index contributed by atoms with van der Waals surface area (Å²) in [6, 6.07) is -0.808. The van der Waals surface area contributed by atoms with Gasteiger partial charge in [0.25, 0.3) is 0 Å². The summed E-state index contributed by atoms with van der Waals surface area (Å²) in [5.41, 5.74) is 5.00. The zero-order valence-corrected chi connectivity index (χ0v) is 7.06. The van der Waals surface area contributed by atoms with E-state index in [-0.39, 0.29) is 13.0 Å². The minimum Gasteiger partial charge on any atom is -0.392 e. The summed E-state index contributed by atoms with van der Waals surface area (Å²) < 4.78 is 12.8. The first-order valence-corrected chi connectivity index (χ1v) is 4.04. The molecule has 4 N–H and O–H groups in total. The van der Waals surface area contributed by atoms with Gasteiger partial charge in [0.15, 0.2) is 0 Å². The molecule has 1 aliphatic rings. The number of carbonyl (C=O) groups is 1. The fourth-order valence-corrected chi connectivity index (χ4v) is 1.52. The third-order valence-corrected chi connectivity index (χ3v) is 2.16.